The lowest BCUT2D eigenvalue weighted by atomic mass is 10.1. The number of hydrogen-bond donors (Lipinski definition) is 3. The molecule has 1 unspecified atom stereocenters. The Morgan fingerprint density at radius 1 is 1.26 bits per heavy atom. The number of aliphatic hydroxyl groups excluding tert-OH is 1. The molecule has 27 heavy (non-hydrogen) atoms. The summed E-state index contributed by atoms with van der Waals surface area (Å²) in [7, 11) is 3.31. The second-order valence-corrected chi connectivity index (χ2v) is 6.49. The van der Waals surface area contributed by atoms with Crippen LogP contribution >= 0.6 is 0 Å². The van der Waals surface area contributed by atoms with Crippen molar-refractivity contribution in [3.63, 3.8) is 0 Å². The number of hydrogen-bond acceptors (Lipinski definition) is 6. The van der Waals surface area contributed by atoms with Crippen molar-refractivity contribution in [1.82, 2.24) is 24.0 Å². The van der Waals surface area contributed by atoms with Gasteiger partial charge in [0, 0.05) is 27.2 Å². The summed E-state index contributed by atoms with van der Waals surface area (Å²) < 4.78 is 4.19. The van der Waals surface area contributed by atoms with Crippen molar-refractivity contribution in [1.29, 1.82) is 0 Å². The van der Waals surface area contributed by atoms with E-state index in [1.807, 2.05) is 0 Å². The van der Waals surface area contributed by atoms with Gasteiger partial charge < -0.3 is 20.1 Å². The van der Waals surface area contributed by atoms with Crippen molar-refractivity contribution >= 4 is 11.2 Å². The molecule has 3 N–H and O–H groups in total. The number of fused-ring (bicyclic) bond motifs is 1. The van der Waals surface area contributed by atoms with Gasteiger partial charge in [0.2, 0.25) is 0 Å². The maximum absolute atomic E-state index is 12.6. The van der Waals surface area contributed by atoms with Crippen LogP contribution in [0.5, 0.6) is 5.75 Å². The number of phenolic OH excluding ortho intramolecular Hbond substituents is 1. The summed E-state index contributed by atoms with van der Waals surface area (Å²) in [6.45, 7) is 1.09. The fourth-order valence-corrected chi connectivity index (χ4v) is 3.04. The first-order valence-electron chi connectivity index (χ1n) is 8.68. The summed E-state index contributed by atoms with van der Waals surface area (Å²) in [4.78, 5) is 29.1. The third kappa shape index (κ3) is 3.79. The summed E-state index contributed by atoms with van der Waals surface area (Å²) in [5.74, 6) is 0.104. The number of nitrogens with one attached hydrogen (secondary N) is 1. The standard InChI is InChI=1S/C18H23N5O4/c1-21-11-20-16-15(21)17(26)23(18(27)22(16)2)8-4-7-19-10-14(25)12-5-3-6-13(24)9-12/h3,5-6,9,11,14,19,24-25H,4,7-8,10H2,1-2H3. The second kappa shape index (κ2) is 7.77. The molecule has 9 heteroatoms. The SMILES string of the molecule is Cn1cnc2c1c(=O)n(CCCNCC(O)c1cccc(O)c1)c(=O)n2C. The molecule has 0 aliphatic heterocycles. The van der Waals surface area contributed by atoms with Crippen LogP contribution in [0, 0.1) is 0 Å². The van der Waals surface area contributed by atoms with E-state index < -0.39 is 11.8 Å². The average Bonchev–Trinajstić information content (AvgIpc) is 3.04. The smallest absolute Gasteiger partial charge is 0.332 e. The van der Waals surface area contributed by atoms with Crippen LogP contribution in [-0.4, -0.2) is 42.0 Å². The maximum Gasteiger partial charge on any atom is 0.332 e. The van der Waals surface area contributed by atoms with E-state index in [0.29, 0.717) is 36.2 Å². The second-order valence-electron chi connectivity index (χ2n) is 6.49. The van der Waals surface area contributed by atoms with Crippen molar-refractivity contribution in [2.45, 2.75) is 19.1 Å². The van der Waals surface area contributed by atoms with Gasteiger partial charge in [-0.15, -0.1) is 0 Å². The van der Waals surface area contributed by atoms with Gasteiger partial charge in [0.1, 0.15) is 5.75 Å². The lowest BCUT2D eigenvalue weighted by Gasteiger charge is -2.13. The lowest BCUT2D eigenvalue weighted by molar-refractivity contribution is 0.174. The van der Waals surface area contributed by atoms with Crippen LogP contribution in [-0.2, 0) is 20.6 Å². The first kappa shape index (κ1) is 18.9. The van der Waals surface area contributed by atoms with Crippen molar-refractivity contribution in [3.05, 3.63) is 57.0 Å². The molecule has 0 fully saturated rings. The van der Waals surface area contributed by atoms with Crippen LogP contribution in [0.15, 0.2) is 40.2 Å². The average molecular weight is 373 g/mol. The van der Waals surface area contributed by atoms with Crippen molar-refractivity contribution in [3.8, 4) is 5.75 Å². The molecule has 1 aromatic carbocycles. The highest BCUT2D eigenvalue weighted by Crippen LogP contribution is 2.17. The van der Waals surface area contributed by atoms with E-state index in [9.17, 15) is 19.8 Å². The molecule has 0 bridgehead atoms. The highest BCUT2D eigenvalue weighted by atomic mass is 16.3. The van der Waals surface area contributed by atoms with E-state index in [4.69, 9.17) is 0 Å². The zero-order chi connectivity index (χ0) is 19.6. The third-order valence-corrected chi connectivity index (χ3v) is 4.53. The predicted molar refractivity (Wildman–Crippen MR) is 101 cm³/mol. The first-order valence-corrected chi connectivity index (χ1v) is 8.68. The van der Waals surface area contributed by atoms with Crippen LogP contribution in [0.2, 0.25) is 0 Å². The van der Waals surface area contributed by atoms with Gasteiger partial charge in [0.25, 0.3) is 5.56 Å². The van der Waals surface area contributed by atoms with Crippen LogP contribution < -0.4 is 16.6 Å². The van der Waals surface area contributed by atoms with Gasteiger partial charge in [-0.1, -0.05) is 12.1 Å². The van der Waals surface area contributed by atoms with Gasteiger partial charge in [-0.3, -0.25) is 13.9 Å². The summed E-state index contributed by atoms with van der Waals surface area (Å²) in [6, 6.07) is 6.46. The van der Waals surface area contributed by atoms with E-state index >= 15 is 0 Å². The quantitative estimate of drug-likeness (QED) is 0.497. The van der Waals surface area contributed by atoms with Crippen LogP contribution in [0.3, 0.4) is 0 Å². The number of aromatic nitrogens is 4. The molecule has 0 aliphatic carbocycles. The number of aliphatic hydroxyl groups is 1. The highest BCUT2D eigenvalue weighted by molar-refractivity contribution is 5.69. The molecule has 0 spiro atoms. The minimum Gasteiger partial charge on any atom is -0.508 e. The maximum atomic E-state index is 12.6. The Hall–Kier alpha value is -2.91. The van der Waals surface area contributed by atoms with Crippen molar-refractivity contribution < 1.29 is 10.2 Å². The molecule has 144 valence electrons. The number of phenols is 1. The molecule has 1 atom stereocenters. The Labute approximate surface area is 155 Å². The minimum atomic E-state index is -0.751. The monoisotopic (exact) mass is 373 g/mol. The molecule has 3 rings (SSSR count). The van der Waals surface area contributed by atoms with Crippen LogP contribution in [0.1, 0.15) is 18.1 Å². The number of aryl methyl sites for hydroxylation is 2. The Kier molecular flexibility index (Phi) is 5.43. The van der Waals surface area contributed by atoms with E-state index in [0.717, 1.165) is 0 Å². The fourth-order valence-electron chi connectivity index (χ4n) is 3.04. The van der Waals surface area contributed by atoms with E-state index in [2.05, 4.69) is 10.3 Å². The summed E-state index contributed by atoms with van der Waals surface area (Å²) >= 11 is 0. The largest absolute Gasteiger partial charge is 0.508 e. The topological polar surface area (TPSA) is 114 Å². The fraction of sp³-hybridized carbons (Fsp3) is 0.389. The van der Waals surface area contributed by atoms with Gasteiger partial charge in [-0.25, -0.2) is 9.78 Å². The van der Waals surface area contributed by atoms with Gasteiger partial charge in [0.15, 0.2) is 11.2 Å². The van der Waals surface area contributed by atoms with Gasteiger partial charge >= 0.3 is 5.69 Å². The van der Waals surface area contributed by atoms with E-state index in [1.54, 1.807) is 36.9 Å². The molecule has 0 saturated heterocycles. The molecule has 2 heterocycles. The predicted octanol–water partition coefficient (Wildman–Crippen LogP) is -0.147. The Balaban J connectivity index is 1.60. The summed E-state index contributed by atoms with van der Waals surface area (Å²) in [6.07, 6.45) is 1.31. The lowest BCUT2D eigenvalue weighted by Crippen LogP contribution is -2.40. The highest BCUT2D eigenvalue weighted by Gasteiger charge is 2.14. The number of rotatable bonds is 7. The molecule has 2 aromatic heterocycles. The first-order chi connectivity index (χ1) is 12.9. The van der Waals surface area contributed by atoms with Crippen molar-refractivity contribution in [2.24, 2.45) is 14.1 Å². The van der Waals surface area contributed by atoms with E-state index in [1.165, 1.54) is 21.5 Å². The summed E-state index contributed by atoms with van der Waals surface area (Å²) in [5, 5.41) is 22.7. The number of benzene rings is 1. The molecule has 0 aliphatic rings. The van der Waals surface area contributed by atoms with Gasteiger partial charge in [0.05, 0.1) is 12.4 Å². The Morgan fingerprint density at radius 2 is 2.04 bits per heavy atom. The zero-order valence-electron chi connectivity index (χ0n) is 15.3. The normalized spacial score (nSPS) is 12.6. The van der Waals surface area contributed by atoms with Crippen LogP contribution in [0.25, 0.3) is 11.2 Å². The molecule has 9 nitrogen and oxygen atoms in total. The molecule has 0 radical (unpaired) electrons. The Bertz CT molecular complexity index is 1070. The zero-order valence-corrected chi connectivity index (χ0v) is 15.3. The number of aromatic hydroxyl groups is 1. The number of imidazole rings is 1. The Morgan fingerprint density at radius 3 is 2.78 bits per heavy atom. The van der Waals surface area contributed by atoms with Gasteiger partial charge in [-0.05, 0) is 30.7 Å². The van der Waals surface area contributed by atoms with Crippen molar-refractivity contribution in [2.75, 3.05) is 13.1 Å². The number of nitrogens with zero attached hydrogens (tertiary/aromatic N) is 4. The molecular formula is C18H23N5O4. The minimum absolute atomic E-state index is 0.104. The third-order valence-electron chi connectivity index (χ3n) is 4.53. The molecule has 0 amide bonds. The molecule has 3 aromatic rings. The van der Waals surface area contributed by atoms with Crippen LogP contribution in [0.4, 0.5) is 0 Å². The van der Waals surface area contributed by atoms with Gasteiger partial charge in [-0.2, -0.15) is 0 Å². The van der Waals surface area contributed by atoms with E-state index in [-0.39, 0.29) is 17.9 Å². The molecule has 0 saturated carbocycles. The molecular weight excluding hydrogens is 350 g/mol. The summed E-state index contributed by atoms with van der Waals surface area (Å²) in [5.41, 5.74) is 0.633.